The van der Waals surface area contributed by atoms with Gasteiger partial charge in [0.15, 0.2) is 0 Å². The number of nitrogens with zero attached hydrogens (tertiary/aromatic N) is 3. The molecule has 0 fully saturated rings. The van der Waals surface area contributed by atoms with Gasteiger partial charge in [0.1, 0.15) is 17.1 Å². The largest absolute Gasteiger partial charge is 0.396 e. The van der Waals surface area contributed by atoms with E-state index in [0.717, 1.165) is 17.2 Å². The van der Waals surface area contributed by atoms with Gasteiger partial charge in [0.25, 0.3) is 0 Å². The second kappa shape index (κ2) is 4.96. The number of aromatic nitrogens is 2. The van der Waals surface area contributed by atoms with Crippen molar-refractivity contribution in [2.45, 2.75) is 0 Å². The van der Waals surface area contributed by atoms with E-state index in [4.69, 9.17) is 22.6 Å². The lowest BCUT2D eigenvalue weighted by Crippen LogP contribution is -1.99. The highest BCUT2D eigenvalue weighted by Crippen LogP contribution is 2.34. The predicted octanol–water partition coefficient (Wildman–Crippen LogP) is 3.54. The maximum absolute atomic E-state index is 9.00. The van der Waals surface area contributed by atoms with Crippen molar-refractivity contribution in [3.63, 3.8) is 0 Å². The van der Waals surface area contributed by atoms with Gasteiger partial charge in [-0.25, -0.2) is 0 Å². The van der Waals surface area contributed by atoms with Crippen LogP contribution in [0.2, 0.25) is 5.02 Å². The number of hydrogen-bond acceptors (Lipinski definition) is 6. The fourth-order valence-corrected chi connectivity index (χ4v) is 2.59. The molecule has 3 N–H and O–H groups in total. The molecule has 0 aliphatic heterocycles. The molecule has 0 aliphatic rings. The molecule has 3 rings (SSSR count). The molecular weight excluding hydrogens is 294 g/mol. The van der Waals surface area contributed by atoms with E-state index < -0.39 is 0 Å². The maximum atomic E-state index is 9.00. The number of fused-ring (bicyclic) bond motifs is 1. The van der Waals surface area contributed by atoms with Gasteiger partial charge in [0, 0.05) is 0 Å². The first-order valence-electron chi connectivity index (χ1n) is 5.67. The van der Waals surface area contributed by atoms with Crippen LogP contribution < -0.4 is 11.1 Å². The molecule has 0 saturated heterocycles. The van der Waals surface area contributed by atoms with Crippen molar-refractivity contribution in [1.82, 2.24) is 8.75 Å². The second-order valence-electron chi connectivity index (χ2n) is 4.06. The number of nitriles is 1. The van der Waals surface area contributed by atoms with Gasteiger partial charge < -0.3 is 11.1 Å². The van der Waals surface area contributed by atoms with Crippen LogP contribution in [0.1, 0.15) is 5.56 Å². The summed E-state index contributed by atoms with van der Waals surface area (Å²) in [6, 6.07) is 10.8. The second-order valence-corrected chi connectivity index (χ2v) is 4.99. The molecule has 7 heteroatoms. The minimum absolute atomic E-state index is 0.381. The Labute approximate surface area is 123 Å². The number of nitrogens with one attached hydrogen (secondary N) is 1. The summed E-state index contributed by atoms with van der Waals surface area (Å²) >= 11 is 7.32. The van der Waals surface area contributed by atoms with E-state index in [0.29, 0.717) is 33.2 Å². The summed E-state index contributed by atoms with van der Waals surface area (Å²) in [7, 11) is 0. The summed E-state index contributed by atoms with van der Waals surface area (Å²) < 4.78 is 8.39. The Morgan fingerprint density at radius 1 is 1.25 bits per heavy atom. The third-order valence-electron chi connectivity index (χ3n) is 2.86. The van der Waals surface area contributed by atoms with Gasteiger partial charge in [-0.1, -0.05) is 17.7 Å². The van der Waals surface area contributed by atoms with Crippen molar-refractivity contribution in [2.75, 3.05) is 11.1 Å². The normalized spacial score (nSPS) is 10.4. The first kappa shape index (κ1) is 12.7. The molecule has 0 bridgehead atoms. The number of benzene rings is 2. The average Bonchev–Trinajstić information content (AvgIpc) is 2.92. The van der Waals surface area contributed by atoms with E-state index in [1.807, 2.05) is 6.07 Å². The van der Waals surface area contributed by atoms with Crippen LogP contribution in [0.25, 0.3) is 11.0 Å². The molecule has 0 atom stereocenters. The van der Waals surface area contributed by atoms with E-state index in [2.05, 4.69) is 14.1 Å². The van der Waals surface area contributed by atoms with E-state index in [9.17, 15) is 0 Å². The maximum Gasteiger partial charge on any atom is 0.129 e. The SMILES string of the molecule is N#Cc1cccc(Nc2c(Cl)ccc3nsnc23)c1N. The van der Waals surface area contributed by atoms with Crippen molar-refractivity contribution >= 4 is 51.4 Å². The first-order valence-corrected chi connectivity index (χ1v) is 6.78. The van der Waals surface area contributed by atoms with Crippen LogP contribution in [0.15, 0.2) is 30.3 Å². The fourth-order valence-electron chi connectivity index (χ4n) is 1.85. The molecule has 1 heterocycles. The fraction of sp³-hybridized carbons (Fsp3) is 0. The minimum Gasteiger partial charge on any atom is -0.396 e. The average molecular weight is 302 g/mol. The first-order chi connectivity index (χ1) is 9.70. The Balaban J connectivity index is 2.13. The van der Waals surface area contributed by atoms with Crippen LogP contribution in [0.4, 0.5) is 17.1 Å². The molecule has 0 aliphatic carbocycles. The molecule has 5 nitrogen and oxygen atoms in total. The molecule has 2 aromatic carbocycles. The van der Waals surface area contributed by atoms with Crippen LogP contribution in [0.5, 0.6) is 0 Å². The van der Waals surface area contributed by atoms with Crippen LogP contribution in [-0.4, -0.2) is 8.75 Å². The van der Waals surface area contributed by atoms with Crippen molar-refractivity contribution in [3.8, 4) is 6.07 Å². The standard InChI is InChI=1S/C13H8ClN5S/c14-8-4-5-10-13(19-20-18-10)12(8)17-9-3-1-2-7(6-15)11(9)16/h1-5,17H,16H2. The Morgan fingerprint density at radius 3 is 2.90 bits per heavy atom. The predicted molar refractivity (Wildman–Crippen MR) is 81.3 cm³/mol. The number of anilines is 3. The number of nitrogen functional groups attached to an aromatic ring is 1. The highest BCUT2D eigenvalue weighted by Gasteiger charge is 2.12. The van der Waals surface area contributed by atoms with Gasteiger partial charge in [0.2, 0.25) is 0 Å². The van der Waals surface area contributed by atoms with E-state index in [-0.39, 0.29) is 0 Å². The Bertz CT molecular complexity index is 836. The molecule has 0 radical (unpaired) electrons. The summed E-state index contributed by atoms with van der Waals surface area (Å²) in [4.78, 5) is 0. The zero-order valence-electron chi connectivity index (χ0n) is 10.1. The van der Waals surface area contributed by atoms with Crippen LogP contribution in [-0.2, 0) is 0 Å². The number of halogens is 1. The summed E-state index contributed by atoms with van der Waals surface area (Å²) in [5.74, 6) is 0. The Kier molecular flexibility index (Phi) is 3.14. The highest BCUT2D eigenvalue weighted by molar-refractivity contribution is 7.00. The van der Waals surface area contributed by atoms with Crippen LogP contribution in [0, 0.1) is 11.3 Å². The Hall–Kier alpha value is -2.36. The van der Waals surface area contributed by atoms with Crippen molar-refractivity contribution < 1.29 is 0 Å². The van der Waals surface area contributed by atoms with E-state index >= 15 is 0 Å². The third kappa shape index (κ3) is 2.03. The van der Waals surface area contributed by atoms with Crippen LogP contribution in [0.3, 0.4) is 0 Å². The summed E-state index contributed by atoms with van der Waals surface area (Å²) in [6.45, 7) is 0. The molecule has 0 saturated carbocycles. The lowest BCUT2D eigenvalue weighted by molar-refractivity contribution is 1.47. The summed E-state index contributed by atoms with van der Waals surface area (Å²) in [5.41, 5.74) is 9.44. The zero-order chi connectivity index (χ0) is 14.1. The number of para-hydroxylation sites is 1. The number of hydrogen-bond donors (Lipinski definition) is 2. The topological polar surface area (TPSA) is 87.6 Å². The monoisotopic (exact) mass is 301 g/mol. The van der Waals surface area contributed by atoms with Crippen molar-refractivity contribution in [2.24, 2.45) is 0 Å². The van der Waals surface area contributed by atoms with Gasteiger partial charge in [-0.05, 0) is 24.3 Å². The van der Waals surface area contributed by atoms with Gasteiger partial charge in [-0.15, -0.1) is 0 Å². The quantitative estimate of drug-likeness (QED) is 0.707. The lowest BCUT2D eigenvalue weighted by Gasteiger charge is -2.11. The molecule has 1 aromatic heterocycles. The van der Waals surface area contributed by atoms with Gasteiger partial charge in [-0.2, -0.15) is 14.0 Å². The summed E-state index contributed by atoms with van der Waals surface area (Å²) in [6.07, 6.45) is 0. The highest BCUT2D eigenvalue weighted by atomic mass is 35.5. The van der Waals surface area contributed by atoms with E-state index in [1.165, 1.54) is 0 Å². The van der Waals surface area contributed by atoms with Crippen LogP contribution >= 0.6 is 23.3 Å². The van der Waals surface area contributed by atoms with Gasteiger partial charge in [0.05, 0.1) is 39.4 Å². The Morgan fingerprint density at radius 2 is 2.10 bits per heavy atom. The van der Waals surface area contributed by atoms with Crippen molar-refractivity contribution in [1.29, 1.82) is 5.26 Å². The zero-order valence-corrected chi connectivity index (χ0v) is 11.7. The molecule has 98 valence electrons. The molecule has 0 unspecified atom stereocenters. The molecule has 3 aromatic rings. The third-order valence-corrected chi connectivity index (χ3v) is 3.72. The molecule has 20 heavy (non-hydrogen) atoms. The number of nitrogens with two attached hydrogens (primary N) is 1. The molecular formula is C13H8ClN5S. The minimum atomic E-state index is 0.381. The molecule has 0 amide bonds. The van der Waals surface area contributed by atoms with Gasteiger partial charge in [-0.3, -0.25) is 0 Å². The lowest BCUT2D eigenvalue weighted by atomic mass is 10.1. The van der Waals surface area contributed by atoms with Crippen molar-refractivity contribution in [3.05, 3.63) is 40.9 Å². The molecule has 0 spiro atoms. The van der Waals surface area contributed by atoms with E-state index in [1.54, 1.807) is 30.3 Å². The van der Waals surface area contributed by atoms with Gasteiger partial charge >= 0.3 is 0 Å². The number of rotatable bonds is 2. The smallest absolute Gasteiger partial charge is 0.129 e. The summed E-state index contributed by atoms with van der Waals surface area (Å²) in [5, 5.41) is 12.7.